The van der Waals surface area contributed by atoms with Crippen LogP contribution >= 0.6 is 18.7 Å². The quantitative estimate of drug-likeness (QED) is 0.214. The molecule has 0 aliphatic carbocycles. The highest BCUT2D eigenvalue weighted by molar-refractivity contribution is 7.57. The molecular formula is C21H36N3O6PS. The number of thiophene rings is 1. The van der Waals surface area contributed by atoms with Gasteiger partial charge in [0.1, 0.15) is 19.1 Å². The number of nitrogens with zero attached hydrogens (tertiary/aromatic N) is 1. The third-order valence-electron chi connectivity index (χ3n) is 5.56. The van der Waals surface area contributed by atoms with E-state index < -0.39 is 36.2 Å². The Morgan fingerprint density at radius 2 is 1.81 bits per heavy atom. The van der Waals surface area contributed by atoms with Crippen molar-refractivity contribution in [1.29, 1.82) is 0 Å². The molecule has 2 rings (SSSR count). The molecule has 0 radical (unpaired) electrons. The largest absolute Gasteiger partial charge is 0.632 e. The van der Waals surface area contributed by atoms with Crippen LogP contribution in [0.1, 0.15) is 51.7 Å². The number of rotatable bonds is 11. The van der Waals surface area contributed by atoms with Crippen molar-refractivity contribution in [3.05, 3.63) is 21.7 Å². The number of aromatic hydroxyl groups is 1. The van der Waals surface area contributed by atoms with Crippen molar-refractivity contribution in [2.45, 2.75) is 59.7 Å². The smallest absolute Gasteiger partial charge is 0.254 e. The Morgan fingerprint density at radius 1 is 1.19 bits per heavy atom. The number of hydrogen-bond donors (Lipinski definition) is 4. The van der Waals surface area contributed by atoms with Gasteiger partial charge in [0.25, 0.3) is 7.37 Å². The van der Waals surface area contributed by atoms with Gasteiger partial charge in [-0.15, -0.1) is 11.3 Å². The zero-order valence-electron chi connectivity index (χ0n) is 19.5. The van der Waals surface area contributed by atoms with E-state index in [9.17, 15) is 29.4 Å². The van der Waals surface area contributed by atoms with E-state index in [1.807, 2.05) is 27.7 Å². The summed E-state index contributed by atoms with van der Waals surface area (Å²) in [6, 6.07) is -0.726. The first-order valence-electron chi connectivity index (χ1n) is 10.9. The topological polar surface area (TPSA) is 139 Å². The van der Waals surface area contributed by atoms with Crippen molar-refractivity contribution in [3.63, 3.8) is 0 Å². The van der Waals surface area contributed by atoms with Crippen LogP contribution in [0.25, 0.3) is 0 Å². The summed E-state index contributed by atoms with van der Waals surface area (Å²) in [5.41, 5.74) is 1.25. The summed E-state index contributed by atoms with van der Waals surface area (Å²) >= 11 is 1.15. The maximum absolute atomic E-state index is 13.1. The molecule has 1 aromatic rings. The summed E-state index contributed by atoms with van der Waals surface area (Å²) in [6.45, 7) is 7.69. The molecule has 182 valence electrons. The summed E-state index contributed by atoms with van der Waals surface area (Å²) in [5, 5.41) is 30.1. The Kier molecular flexibility index (Phi) is 8.92. The maximum atomic E-state index is 13.1. The fourth-order valence-corrected chi connectivity index (χ4v) is 7.20. The molecule has 0 saturated carbocycles. The zero-order chi connectivity index (χ0) is 24.3. The van der Waals surface area contributed by atoms with Crippen molar-refractivity contribution in [2.75, 3.05) is 19.5 Å². The highest BCUT2D eigenvalue weighted by Crippen LogP contribution is 2.50. The number of hydrogen-bond acceptors (Lipinski definition) is 6. The molecule has 2 heterocycles. The zero-order valence-corrected chi connectivity index (χ0v) is 21.2. The van der Waals surface area contributed by atoms with Crippen molar-refractivity contribution >= 4 is 30.5 Å². The molecule has 0 fully saturated rings. The van der Waals surface area contributed by atoms with E-state index >= 15 is 0 Å². The number of carbonyl (C=O) groups is 2. The second kappa shape index (κ2) is 10.7. The van der Waals surface area contributed by atoms with Gasteiger partial charge in [-0.1, -0.05) is 27.7 Å². The van der Waals surface area contributed by atoms with Crippen molar-refractivity contribution in [2.24, 2.45) is 17.8 Å². The molecule has 11 heteroatoms. The van der Waals surface area contributed by atoms with Crippen molar-refractivity contribution in [3.8, 4) is 5.06 Å². The molecule has 2 amide bonds. The molecule has 4 N–H and O–H groups in total. The highest BCUT2D eigenvalue weighted by atomic mass is 32.1. The first-order valence-corrected chi connectivity index (χ1v) is 13.8. The Labute approximate surface area is 193 Å². The van der Waals surface area contributed by atoms with Gasteiger partial charge in [0, 0.05) is 30.1 Å². The fourth-order valence-electron chi connectivity index (χ4n) is 4.27. The molecule has 4 atom stereocenters. The average molecular weight is 490 g/mol. The molecule has 9 nitrogen and oxygen atoms in total. The van der Waals surface area contributed by atoms with Crippen LogP contribution in [0.15, 0.2) is 5.38 Å². The van der Waals surface area contributed by atoms with E-state index in [1.54, 1.807) is 5.38 Å². The van der Waals surface area contributed by atoms with E-state index in [0.29, 0.717) is 24.0 Å². The molecule has 1 aromatic heterocycles. The number of quaternary nitrogens is 1. The number of amides is 2. The van der Waals surface area contributed by atoms with Crippen LogP contribution in [0.4, 0.5) is 0 Å². The summed E-state index contributed by atoms with van der Waals surface area (Å²) in [5.74, 6) is -1.30. The molecule has 0 bridgehead atoms. The third-order valence-corrected chi connectivity index (χ3v) is 8.40. The van der Waals surface area contributed by atoms with Gasteiger partial charge >= 0.3 is 0 Å². The van der Waals surface area contributed by atoms with E-state index in [2.05, 4.69) is 10.6 Å². The van der Waals surface area contributed by atoms with Crippen LogP contribution < -0.4 is 10.6 Å². The van der Waals surface area contributed by atoms with Crippen LogP contribution in [-0.2, 0) is 27.2 Å². The number of carbonyl (C=O) groups excluding carboxylic acids is 2. The fraction of sp³-hybridized carbons (Fsp3) is 0.714. The van der Waals surface area contributed by atoms with E-state index in [1.165, 1.54) is 7.05 Å². The second-order valence-electron chi connectivity index (χ2n) is 9.72. The third kappa shape index (κ3) is 7.28. The lowest BCUT2D eigenvalue weighted by Gasteiger charge is -2.40. The summed E-state index contributed by atoms with van der Waals surface area (Å²) < 4.78 is 12.2. The van der Waals surface area contributed by atoms with E-state index in [4.69, 9.17) is 0 Å². The van der Waals surface area contributed by atoms with Crippen LogP contribution in [-0.4, -0.2) is 52.0 Å². The average Bonchev–Trinajstić information content (AvgIpc) is 3.14. The van der Waals surface area contributed by atoms with Gasteiger partial charge in [0.05, 0.1) is 5.56 Å². The lowest BCUT2D eigenvalue weighted by molar-refractivity contribution is -0.889. The summed E-state index contributed by atoms with van der Waals surface area (Å²) in [4.78, 5) is 35.9. The van der Waals surface area contributed by atoms with E-state index in [0.717, 1.165) is 11.3 Å². The van der Waals surface area contributed by atoms with Crippen LogP contribution in [0.5, 0.6) is 5.06 Å². The molecule has 3 unspecified atom stereocenters. The van der Waals surface area contributed by atoms with Gasteiger partial charge in [-0.2, -0.15) is 0 Å². The number of fused-ring (bicyclic) bond motifs is 1. The van der Waals surface area contributed by atoms with Crippen molar-refractivity contribution < 1.29 is 28.8 Å². The van der Waals surface area contributed by atoms with Gasteiger partial charge < -0.3 is 30.5 Å². The SMILES string of the molecule is CNC(=O)[C@H](CC(C)C)NC(=O)C(CC(C)C)CP(=O)(O)C[N+]1([O-])Cc2csc(O)c2C1. The summed E-state index contributed by atoms with van der Waals surface area (Å²) in [7, 11) is -2.47. The Balaban J connectivity index is 2.11. The molecule has 32 heavy (non-hydrogen) atoms. The van der Waals surface area contributed by atoms with Crippen molar-refractivity contribution in [1.82, 2.24) is 10.6 Å². The molecule has 0 aromatic carbocycles. The Hall–Kier alpha value is -1.45. The minimum atomic E-state index is -3.97. The predicted octanol–water partition coefficient (Wildman–Crippen LogP) is 2.95. The normalized spacial score (nSPS) is 21.8. The predicted molar refractivity (Wildman–Crippen MR) is 125 cm³/mol. The van der Waals surface area contributed by atoms with Gasteiger partial charge in [-0.05, 0) is 24.7 Å². The number of nitrogens with one attached hydrogen (secondary N) is 2. The Bertz CT molecular complexity index is 874. The second-order valence-corrected chi connectivity index (χ2v) is 12.9. The Morgan fingerprint density at radius 3 is 2.34 bits per heavy atom. The number of hydroxylamine groups is 3. The minimum Gasteiger partial charge on any atom is -0.632 e. The van der Waals surface area contributed by atoms with Gasteiger partial charge in [0.2, 0.25) is 11.8 Å². The van der Waals surface area contributed by atoms with Gasteiger partial charge in [0.15, 0.2) is 11.3 Å². The van der Waals surface area contributed by atoms with Crippen LogP contribution in [0.3, 0.4) is 0 Å². The summed E-state index contributed by atoms with van der Waals surface area (Å²) in [6.07, 6.45) is -0.0211. The van der Waals surface area contributed by atoms with Gasteiger partial charge in [-0.25, -0.2) is 0 Å². The van der Waals surface area contributed by atoms with Crippen LogP contribution in [0.2, 0.25) is 0 Å². The minimum absolute atomic E-state index is 0.0329. The molecule has 0 spiro atoms. The molecule has 1 aliphatic heterocycles. The highest BCUT2D eigenvalue weighted by Gasteiger charge is 2.40. The number of likely N-dealkylation sites (N-methyl/N-ethyl adjacent to an activating group) is 1. The lowest BCUT2D eigenvalue weighted by Crippen LogP contribution is -2.49. The van der Waals surface area contributed by atoms with E-state index in [-0.39, 0.29) is 42.1 Å². The molecular weight excluding hydrogens is 453 g/mol. The lowest BCUT2D eigenvalue weighted by atomic mass is 9.96. The monoisotopic (exact) mass is 489 g/mol. The first-order chi connectivity index (χ1) is 14.7. The first kappa shape index (κ1) is 26.8. The molecule has 0 saturated heterocycles. The van der Waals surface area contributed by atoms with Crippen LogP contribution in [0, 0.1) is 23.0 Å². The standard InChI is InChI=1S/C21H36N3O6PS/c1-13(2)6-15(19(25)23-18(7-14(3)4)20(26)22-5)10-31(29,30)12-24(28)8-16-11-32-21(27)17(16)9-24/h11,13-15,18,27H,6-10,12H2,1-5H3,(H,22,26)(H,23,25)(H,29,30)/t15?,18-,24?/m0/s1. The maximum Gasteiger partial charge on any atom is 0.254 e. The molecule has 1 aliphatic rings. The van der Waals surface area contributed by atoms with Gasteiger partial charge in [-0.3, -0.25) is 14.2 Å².